The summed E-state index contributed by atoms with van der Waals surface area (Å²) in [4.78, 5) is 24.8. The van der Waals surface area contributed by atoms with Crippen LogP contribution in [0.2, 0.25) is 0 Å². The monoisotopic (exact) mass is 462 g/mol. The summed E-state index contributed by atoms with van der Waals surface area (Å²) in [5.74, 6) is -0.474. The van der Waals surface area contributed by atoms with Gasteiger partial charge in [0, 0.05) is 18.3 Å². The van der Waals surface area contributed by atoms with Crippen LogP contribution in [0.25, 0.3) is 11.1 Å². The number of carbonyl (C=O) groups excluding carboxylic acids is 2. The summed E-state index contributed by atoms with van der Waals surface area (Å²) in [6.07, 6.45) is -1.07. The minimum absolute atomic E-state index is 0.179. The molecule has 2 unspecified atom stereocenters. The Labute approximate surface area is 198 Å². The largest absolute Gasteiger partial charge is 0.484 e. The minimum atomic E-state index is -0.580. The van der Waals surface area contributed by atoms with Crippen LogP contribution in [0.15, 0.2) is 66.7 Å². The number of hydrogen-bond donors (Lipinski definition) is 2. The van der Waals surface area contributed by atoms with Gasteiger partial charge in [-0.3, -0.25) is 10.1 Å². The van der Waals surface area contributed by atoms with Crippen LogP contribution in [-0.2, 0) is 9.53 Å². The summed E-state index contributed by atoms with van der Waals surface area (Å²) < 4.78 is 24.8. The lowest BCUT2D eigenvalue weighted by Gasteiger charge is -2.19. The van der Waals surface area contributed by atoms with Gasteiger partial charge in [-0.25, -0.2) is 9.18 Å². The van der Waals surface area contributed by atoms with Crippen molar-refractivity contribution in [2.45, 2.75) is 38.4 Å². The third-order valence-corrected chi connectivity index (χ3v) is 5.49. The van der Waals surface area contributed by atoms with Crippen molar-refractivity contribution in [3.05, 3.63) is 83.7 Å². The number of anilines is 1. The van der Waals surface area contributed by atoms with Gasteiger partial charge < -0.3 is 14.8 Å². The van der Waals surface area contributed by atoms with Gasteiger partial charge in [0.25, 0.3) is 0 Å². The topological polar surface area (TPSA) is 76.7 Å². The van der Waals surface area contributed by atoms with Gasteiger partial charge in [0.1, 0.15) is 29.2 Å². The Morgan fingerprint density at radius 2 is 1.59 bits per heavy atom. The Morgan fingerprint density at radius 3 is 2.21 bits per heavy atom. The lowest BCUT2D eigenvalue weighted by Crippen LogP contribution is -2.28. The molecule has 0 saturated heterocycles. The fraction of sp³-hybridized carbons (Fsp3) is 0.259. The molecule has 0 aromatic heterocycles. The maximum Gasteiger partial charge on any atom is 0.412 e. The van der Waals surface area contributed by atoms with Crippen LogP contribution in [0.5, 0.6) is 5.75 Å². The van der Waals surface area contributed by atoms with Crippen molar-refractivity contribution in [1.82, 2.24) is 5.32 Å². The van der Waals surface area contributed by atoms with E-state index in [4.69, 9.17) is 9.47 Å². The van der Waals surface area contributed by atoms with Crippen LogP contribution < -0.4 is 15.4 Å². The van der Waals surface area contributed by atoms with E-state index in [0.717, 1.165) is 22.3 Å². The van der Waals surface area contributed by atoms with Crippen LogP contribution in [0.3, 0.4) is 0 Å². The summed E-state index contributed by atoms with van der Waals surface area (Å²) in [5, 5.41) is 5.43. The van der Waals surface area contributed by atoms with E-state index >= 15 is 0 Å². The Kier molecular flexibility index (Phi) is 6.28. The Morgan fingerprint density at radius 1 is 0.941 bits per heavy atom. The van der Waals surface area contributed by atoms with Gasteiger partial charge in [-0.2, -0.15) is 0 Å². The highest BCUT2D eigenvalue weighted by Gasteiger charge is 2.40. The van der Waals surface area contributed by atoms with Crippen molar-refractivity contribution >= 4 is 17.7 Å². The third-order valence-electron chi connectivity index (χ3n) is 5.49. The molecule has 4 rings (SSSR count). The molecule has 2 amide bonds. The number of ether oxygens (including phenoxy) is 2. The van der Waals surface area contributed by atoms with Gasteiger partial charge in [0.15, 0.2) is 0 Å². The van der Waals surface area contributed by atoms with E-state index in [-0.39, 0.29) is 11.7 Å². The molecule has 0 fully saturated rings. The van der Waals surface area contributed by atoms with Crippen LogP contribution in [-0.4, -0.2) is 24.6 Å². The zero-order valence-corrected chi connectivity index (χ0v) is 19.5. The fourth-order valence-corrected chi connectivity index (χ4v) is 3.96. The van der Waals surface area contributed by atoms with Crippen molar-refractivity contribution < 1.29 is 23.5 Å². The first-order valence-corrected chi connectivity index (χ1v) is 11.0. The molecule has 1 heterocycles. The average Bonchev–Trinajstić information content (AvgIpc) is 3.17. The summed E-state index contributed by atoms with van der Waals surface area (Å²) >= 11 is 0. The van der Waals surface area contributed by atoms with Crippen molar-refractivity contribution in [1.29, 1.82) is 0 Å². The maximum absolute atomic E-state index is 13.4. The quantitative estimate of drug-likeness (QED) is 0.514. The lowest BCUT2D eigenvalue weighted by molar-refractivity contribution is -0.123. The summed E-state index contributed by atoms with van der Waals surface area (Å²) in [5.41, 5.74) is 3.34. The van der Waals surface area contributed by atoms with Gasteiger partial charge in [-0.15, -0.1) is 0 Å². The second kappa shape index (κ2) is 9.17. The van der Waals surface area contributed by atoms with Crippen molar-refractivity contribution in [3.8, 4) is 16.9 Å². The van der Waals surface area contributed by atoms with E-state index in [2.05, 4.69) is 10.6 Å². The molecule has 6 nitrogen and oxygen atoms in total. The van der Waals surface area contributed by atoms with Gasteiger partial charge in [0.2, 0.25) is 5.91 Å². The van der Waals surface area contributed by atoms with Gasteiger partial charge in [-0.1, -0.05) is 30.3 Å². The van der Waals surface area contributed by atoms with Crippen LogP contribution in [0, 0.1) is 5.82 Å². The van der Waals surface area contributed by atoms with E-state index in [1.54, 1.807) is 52.1 Å². The van der Waals surface area contributed by atoms with Gasteiger partial charge in [-0.05, 0) is 73.9 Å². The molecule has 2 atom stereocenters. The van der Waals surface area contributed by atoms with Gasteiger partial charge >= 0.3 is 6.09 Å². The van der Waals surface area contributed by atoms with E-state index in [1.807, 2.05) is 30.3 Å². The molecule has 34 heavy (non-hydrogen) atoms. The SMILES string of the molecule is CNC(=O)C1c2cc(-c3ccc(NC(=O)OC(C)(C)C)cc3)ccc2OC1c1ccc(F)cc1. The Balaban J connectivity index is 1.59. The number of amides is 2. The molecule has 0 aliphatic carbocycles. The molecule has 1 aliphatic rings. The number of hydrogen-bond acceptors (Lipinski definition) is 4. The first-order chi connectivity index (χ1) is 16.1. The number of likely N-dealkylation sites (N-methyl/N-ethyl adjacent to an activating group) is 1. The number of fused-ring (bicyclic) bond motifs is 1. The Bertz CT molecular complexity index is 1200. The number of halogens is 1. The molecule has 2 N–H and O–H groups in total. The molecule has 0 saturated carbocycles. The van der Waals surface area contributed by atoms with E-state index in [0.29, 0.717) is 11.4 Å². The van der Waals surface area contributed by atoms with E-state index in [9.17, 15) is 14.0 Å². The fourth-order valence-electron chi connectivity index (χ4n) is 3.96. The summed E-state index contributed by atoms with van der Waals surface area (Å²) in [6.45, 7) is 5.42. The molecule has 0 radical (unpaired) electrons. The van der Waals surface area contributed by atoms with Crippen LogP contribution >= 0.6 is 0 Å². The smallest absolute Gasteiger partial charge is 0.412 e. The first-order valence-electron chi connectivity index (χ1n) is 11.0. The molecule has 1 aliphatic heterocycles. The second-order valence-corrected chi connectivity index (χ2v) is 9.14. The van der Waals surface area contributed by atoms with Crippen molar-refractivity contribution in [3.63, 3.8) is 0 Å². The normalized spacial score (nSPS) is 16.9. The predicted molar refractivity (Wildman–Crippen MR) is 128 cm³/mol. The maximum atomic E-state index is 13.4. The number of nitrogens with one attached hydrogen (secondary N) is 2. The third kappa shape index (κ3) is 5.03. The molecule has 0 spiro atoms. The number of benzene rings is 3. The average molecular weight is 463 g/mol. The van der Waals surface area contributed by atoms with Crippen LogP contribution in [0.1, 0.15) is 43.9 Å². The van der Waals surface area contributed by atoms with E-state index < -0.39 is 23.7 Å². The first kappa shape index (κ1) is 23.3. The highest BCUT2D eigenvalue weighted by atomic mass is 19.1. The summed E-state index contributed by atoms with van der Waals surface area (Å²) in [7, 11) is 1.59. The predicted octanol–water partition coefficient (Wildman–Crippen LogP) is 5.80. The lowest BCUT2D eigenvalue weighted by atomic mass is 9.88. The molecule has 176 valence electrons. The second-order valence-electron chi connectivity index (χ2n) is 9.14. The highest BCUT2D eigenvalue weighted by Crippen LogP contribution is 2.47. The zero-order valence-electron chi connectivity index (χ0n) is 19.5. The zero-order chi connectivity index (χ0) is 24.5. The molecular weight excluding hydrogens is 435 g/mol. The van der Waals surface area contributed by atoms with Crippen LogP contribution in [0.4, 0.5) is 14.9 Å². The molecule has 7 heteroatoms. The minimum Gasteiger partial charge on any atom is -0.484 e. The van der Waals surface area contributed by atoms with Crippen molar-refractivity contribution in [2.24, 2.45) is 0 Å². The van der Waals surface area contributed by atoms with E-state index in [1.165, 1.54) is 12.1 Å². The van der Waals surface area contributed by atoms with Gasteiger partial charge in [0.05, 0.1) is 0 Å². The number of carbonyl (C=O) groups is 2. The Hall–Kier alpha value is -3.87. The van der Waals surface area contributed by atoms with Crippen molar-refractivity contribution in [2.75, 3.05) is 12.4 Å². The summed E-state index contributed by atoms with van der Waals surface area (Å²) in [6, 6.07) is 19.1. The molecule has 0 bridgehead atoms. The molecular formula is C27H27FN2O4. The number of rotatable bonds is 4. The standard InChI is InChI=1S/C27H27FN2O4/c1-27(2,3)34-26(32)30-20-12-7-16(8-13-20)18-9-14-22-21(15-18)23(25(31)29-4)24(33-22)17-5-10-19(28)11-6-17/h5-15,23-24H,1-4H3,(H,29,31)(H,30,32). The molecule has 3 aromatic carbocycles. The molecule has 3 aromatic rings. The highest BCUT2D eigenvalue weighted by molar-refractivity contribution is 5.87.